The molecule has 2 aromatic heterocycles. The average Bonchev–Trinajstić information content (AvgIpc) is 2.74. The second kappa shape index (κ2) is 5.14. The number of hydrogen-bond donors (Lipinski definition) is 1. The van der Waals surface area contributed by atoms with E-state index in [0.29, 0.717) is 18.1 Å². The number of furan rings is 1. The number of aryl methyl sites for hydroxylation is 2. The van der Waals surface area contributed by atoms with E-state index >= 15 is 0 Å². The predicted molar refractivity (Wildman–Crippen MR) is 71.5 cm³/mol. The van der Waals surface area contributed by atoms with E-state index < -0.39 is 5.97 Å². The standard InChI is InChI=1S/C14H16N2O3/c1-9-6-12(14(17)18)7-13(15-9)16(3)8-11-4-5-19-10(11)2/h4-7H,8H2,1-3H3,(H,17,18). The molecule has 0 aliphatic rings. The average molecular weight is 260 g/mol. The maximum Gasteiger partial charge on any atom is 0.335 e. The summed E-state index contributed by atoms with van der Waals surface area (Å²) < 4.78 is 5.25. The molecule has 0 spiro atoms. The normalized spacial score (nSPS) is 10.5. The Bertz CT molecular complexity index is 604. The molecule has 1 N–H and O–H groups in total. The smallest absolute Gasteiger partial charge is 0.335 e. The first-order valence-corrected chi connectivity index (χ1v) is 5.93. The van der Waals surface area contributed by atoms with E-state index in [-0.39, 0.29) is 5.56 Å². The Hall–Kier alpha value is -2.30. The molecule has 0 aromatic carbocycles. The van der Waals surface area contributed by atoms with Gasteiger partial charge in [-0.05, 0) is 32.0 Å². The number of pyridine rings is 1. The molecule has 5 heteroatoms. The van der Waals surface area contributed by atoms with Crippen LogP contribution < -0.4 is 4.90 Å². The summed E-state index contributed by atoms with van der Waals surface area (Å²) in [5.41, 5.74) is 1.99. The third-order valence-electron chi connectivity index (χ3n) is 2.95. The maximum atomic E-state index is 11.0. The van der Waals surface area contributed by atoms with E-state index in [1.165, 1.54) is 0 Å². The van der Waals surface area contributed by atoms with Crippen LogP contribution in [0.1, 0.15) is 27.4 Å². The number of aromatic nitrogens is 1. The molecule has 0 aliphatic heterocycles. The van der Waals surface area contributed by atoms with Crippen LogP contribution in [0.3, 0.4) is 0 Å². The first-order valence-electron chi connectivity index (χ1n) is 5.93. The van der Waals surface area contributed by atoms with Crippen molar-refractivity contribution >= 4 is 11.8 Å². The molecule has 0 saturated carbocycles. The Labute approximate surface area is 111 Å². The largest absolute Gasteiger partial charge is 0.478 e. The third kappa shape index (κ3) is 2.93. The van der Waals surface area contributed by atoms with Gasteiger partial charge < -0.3 is 14.4 Å². The molecule has 2 heterocycles. The number of nitrogens with zero attached hydrogens (tertiary/aromatic N) is 2. The van der Waals surface area contributed by atoms with Crippen molar-refractivity contribution in [1.29, 1.82) is 0 Å². The lowest BCUT2D eigenvalue weighted by molar-refractivity contribution is 0.0696. The van der Waals surface area contributed by atoms with Crippen molar-refractivity contribution in [2.24, 2.45) is 0 Å². The molecular weight excluding hydrogens is 244 g/mol. The number of anilines is 1. The van der Waals surface area contributed by atoms with Gasteiger partial charge in [-0.2, -0.15) is 0 Å². The van der Waals surface area contributed by atoms with E-state index in [1.807, 2.05) is 24.9 Å². The summed E-state index contributed by atoms with van der Waals surface area (Å²) in [5.74, 6) is 0.551. The summed E-state index contributed by atoms with van der Waals surface area (Å²) in [7, 11) is 1.87. The van der Waals surface area contributed by atoms with Crippen LogP contribution in [-0.2, 0) is 6.54 Å². The van der Waals surface area contributed by atoms with Crippen LogP contribution in [0.25, 0.3) is 0 Å². The highest BCUT2D eigenvalue weighted by atomic mass is 16.4. The minimum absolute atomic E-state index is 0.248. The fourth-order valence-electron chi connectivity index (χ4n) is 1.88. The summed E-state index contributed by atoms with van der Waals surface area (Å²) in [6.45, 7) is 4.31. The van der Waals surface area contributed by atoms with Gasteiger partial charge in [0.1, 0.15) is 11.6 Å². The SMILES string of the molecule is Cc1cc(C(=O)O)cc(N(C)Cc2ccoc2C)n1. The van der Waals surface area contributed by atoms with Crippen LogP contribution in [0.15, 0.2) is 28.9 Å². The zero-order chi connectivity index (χ0) is 14.0. The summed E-state index contributed by atoms with van der Waals surface area (Å²) in [6.07, 6.45) is 1.64. The molecule has 0 saturated heterocycles. The van der Waals surface area contributed by atoms with Crippen molar-refractivity contribution < 1.29 is 14.3 Å². The Morgan fingerprint density at radius 1 is 1.42 bits per heavy atom. The molecule has 100 valence electrons. The van der Waals surface area contributed by atoms with Gasteiger partial charge in [-0.1, -0.05) is 0 Å². The Morgan fingerprint density at radius 3 is 2.74 bits per heavy atom. The summed E-state index contributed by atoms with van der Waals surface area (Å²) in [5, 5.41) is 9.05. The molecule has 0 radical (unpaired) electrons. The highest BCUT2D eigenvalue weighted by Crippen LogP contribution is 2.18. The number of carbonyl (C=O) groups is 1. The van der Waals surface area contributed by atoms with Crippen LogP contribution in [-0.4, -0.2) is 23.1 Å². The van der Waals surface area contributed by atoms with Crippen LogP contribution in [0.5, 0.6) is 0 Å². The van der Waals surface area contributed by atoms with Gasteiger partial charge in [0.05, 0.1) is 11.8 Å². The van der Waals surface area contributed by atoms with Crippen molar-refractivity contribution in [2.45, 2.75) is 20.4 Å². The van der Waals surface area contributed by atoms with E-state index in [4.69, 9.17) is 9.52 Å². The molecule has 0 atom stereocenters. The Balaban J connectivity index is 2.26. The molecule has 5 nitrogen and oxygen atoms in total. The van der Waals surface area contributed by atoms with Crippen molar-refractivity contribution in [3.8, 4) is 0 Å². The number of rotatable bonds is 4. The van der Waals surface area contributed by atoms with Crippen molar-refractivity contribution in [3.63, 3.8) is 0 Å². The molecule has 0 fully saturated rings. The lowest BCUT2D eigenvalue weighted by atomic mass is 10.2. The fourth-order valence-corrected chi connectivity index (χ4v) is 1.88. The summed E-state index contributed by atoms with van der Waals surface area (Å²) >= 11 is 0. The predicted octanol–water partition coefficient (Wildman–Crippen LogP) is 2.63. The van der Waals surface area contributed by atoms with Gasteiger partial charge in [0, 0.05) is 24.8 Å². The molecule has 0 unspecified atom stereocenters. The van der Waals surface area contributed by atoms with Gasteiger partial charge >= 0.3 is 5.97 Å². The maximum absolute atomic E-state index is 11.0. The van der Waals surface area contributed by atoms with Crippen LogP contribution in [0.2, 0.25) is 0 Å². The molecule has 2 rings (SSSR count). The second-order valence-electron chi connectivity index (χ2n) is 4.52. The highest BCUT2D eigenvalue weighted by molar-refractivity contribution is 5.88. The third-order valence-corrected chi connectivity index (χ3v) is 2.95. The lowest BCUT2D eigenvalue weighted by Gasteiger charge is -2.18. The minimum atomic E-state index is -0.945. The monoisotopic (exact) mass is 260 g/mol. The Morgan fingerprint density at radius 2 is 2.16 bits per heavy atom. The van der Waals surface area contributed by atoms with Crippen molar-refractivity contribution in [2.75, 3.05) is 11.9 Å². The van der Waals surface area contributed by atoms with Gasteiger partial charge in [0.2, 0.25) is 0 Å². The number of aromatic carboxylic acids is 1. The molecule has 0 bridgehead atoms. The Kier molecular flexibility index (Phi) is 3.55. The number of carboxylic acids is 1. The molecule has 0 aliphatic carbocycles. The van der Waals surface area contributed by atoms with E-state index in [2.05, 4.69) is 4.98 Å². The van der Waals surface area contributed by atoms with Crippen molar-refractivity contribution in [1.82, 2.24) is 4.98 Å². The second-order valence-corrected chi connectivity index (χ2v) is 4.52. The number of carboxylic acid groups (broad SMARTS) is 1. The highest BCUT2D eigenvalue weighted by Gasteiger charge is 2.11. The zero-order valence-electron chi connectivity index (χ0n) is 11.2. The molecular formula is C14H16N2O3. The molecule has 0 amide bonds. The first kappa shape index (κ1) is 13.1. The van der Waals surface area contributed by atoms with Crippen LogP contribution >= 0.6 is 0 Å². The van der Waals surface area contributed by atoms with E-state index in [9.17, 15) is 4.79 Å². The molecule has 2 aromatic rings. The van der Waals surface area contributed by atoms with Gasteiger partial charge in [-0.3, -0.25) is 0 Å². The first-order chi connectivity index (χ1) is 8.97. The zero-order valence-corrected chi connectivity index (χ0v) is 11.2. The van der Waals surface area contributed by atoms with Gasteiger partial charge in [-0.15, -0.1) is 0 Å². The van der Waals surface area contributed by atoms with E-state index in [0.717, 1.165) is 11.3 Å². The van der Waals surface area contributed by atoms with Crippen molar-refractivity contribution in [3.05, 3.63) is 47.0 Å². The van der Waals surface area contributed by atoms with E-state index in [1.54, 1.807) is 25.3 Å². The van der Waals surface area contributed by atoms with Crippen LogP contribution in [0.4, 0.5) is 5.82 Å². The molecule has 19 heavy (non-hydrogen) atoms. The minimum Gasteiger partial charge on any atom is -0.478 e. The van der Waals surface area contributed by atoms with Gasteiger partial charge in [0.15, 0.2) is 0 Å². The summed E-state index contributed by atoms with van der Waals surface area (Å²) in [4.78, 5) is 17.3. The quantitative estimate of drug-likeness (QED) is 0.915. The number of hydrogen-bond acceptors (Lipinski definition) is 4. The van der Waals surface area contributed by atoms with Gasteiger partial charge in [0.25, 0.3) is 0 Å². The fraction of sp³-hybridized carbons (Fsp3) is 0.286. The van der Waals surface area contributed by atoms with Gasteiger partial charge in [-0.25, -0.2) is 9.78 Å². The summed E-state index contributed by atoms with van der Waals surface area (Å²) in [6, 6.07) is 5.03. The topological polar surface area (TPSA) is 66.6 Å². The lowest BCUT2D eigenvalue weighted by Crippen LogP contribution is -2.18. The van der Waals surface area contributed by atoms with Crippen LogP contribution in [0, 0.1) is 13.8 Å².